The van der Waals surface area contributed by atoms with Crippen molar-refractivity contribution in [2.75, 3.05) is 7.11 Å². The van der Waals surface area contributed by atoms with Gasteiger partial charge in [0.15, 0.2) is 11.2 Å². The van der Waals surface area contributed by atoms with Gasteiger partial charge in [-0.2, -0.15) is 5.10 Å². The van der Waals surface area contributed by atoms with E-state index in [1.54, 1.807) is 22.4 Å². The largest absolute Gasteiger partial charge is 0.378 e. The van der Waals surface area contributed by atoms with Crippen molar-refractivity contribution >= 4 is 28.3 Å². The highest BCUT2D eigenvalue weighted by atomic mass is 35.5. The molecule has 8 heteroatoms. The van der Waals surface area contributed by atoms with Crippen molar-refractivity contribution in [2.24, 2.45) is 0 Å². The number of nitrogens with zero attached hydrogens (tertiary/aromatic N) is 5. The van der Waals surface area contributed by atoms with Gasteiger partial charge in [0.25, 0.3) is 5.56 Å². The summed E-state index contributed by atoms with van der Waals surface area (Å²) >= 11 is 6.02. The molecule has 138 valence electrons. The first-order chi connectivity index (χ1) is 13.1. The molecule has 4 rings (SSSR count). The Morgan fingerprint density at radius 2 is 1.93 bits per heavy atom. The number of pyridine rings is 1. The standard InChI is InChI=1S/C19H18ClN5O2/c1-3-9-24-10-8-15-17(19(24)26)21-22-18-16(12-4-6-13(20)7-5-12)14(11-27-2)23-25(15)18/h4-8,10H,3,9,11H2,1-2H3. The molecule has 0 N–H and O–H groups in total. The third-order valence-corrected chi connectivity index (χ3v) is 4.66. The molecule has 0 aliphatic rings. The predicted octanol–water partition coefficient (Wildman–Crippen LogP) is 3.32. The van der Waals surface area contributed by atoms with E-state index < -0.39 is 0 Å². The minimum Gasteiger partial charge on any atom is -0.378 e. The Labute approximate surface area is 160 Å². The van der Waals surface area contributed by atoms with Crippen LogP contribution in [0.15, 0.2) is 41.3 Å². The second kappa shape index (κ2) is 7.09. The molecular weight excluding hydrogens is 366 g/mol. The lowest BCUT2D eigenvalue weighted by Crippen LogP contribution is -2.21. The number of rotatable bonds is 5. The Morgan fingerprint density at radius 1 is 1.15 bits per heavy atom. The summed E-state index contributed by atoms with van der Waals surface area (Å²) in [5.41, 5.74) is 3.78. The molecule has 4 aromatic rings. The monoisotopic (exact) mass is 383 g/mol. The van der Waals surface area contributed by atoms with E-state index in [2.05, 4.69) is 15.3 Å². The van der Waals surface area contributed by atoms with Gasteiger partial charge in [0.1, 0.15) is 5.52 Å². The molecule has 0 radical (unpaired) electrons. The lowest BCUT2D eigenvalue weighted by molar-refractivity contribution is 0.181. The zero-order chi connectivity index (χ0) is 19.0. The lowest BCUT2D eigenvalue weighted by Gasteiger charge is -2.06. The molecule has 0 amide bonds. The van der Waals surface area contributed by atoms with Crippen molar-refractivity contribution in [3.63, 3.8) is 0 Å². The van der Waals surface area contributed by atoms with E-state index in [1.807, 2.05) is 37.3 Å². The number of benzene rings is 1. The molecule has 0 saturated carbocycles. The van der Waals surface area contributed by atoms with Crippen molar-refractivity contribution in [1.82, 2.24) is 24.4 Å². The Bertz CT molecular complexity index is 1180. The number of hydrogen-bond acceptors (Lipinski definition) is 5. The molecule has 0 saturated heterocycles. The van der Waals surface area contributed by atoms with Crippen LogP contribution in [-0.2, 0) is 17.9 Å². The SMILES string of the molecule is CCCn1ccc2c(nnc3c(-c4ccc(Cl)cc4)c(COC)nn32)c1=O. The molecule has 0 aliphatic heterocycles. The van der Waals surface area contributed by atoms with Gasteiger partial charge in [-0.15, -0.1) is 10.2 Å². The fourth-order valence-corrected chi connectivity index (χ4v) is 3.32. The van der Waals surface area contributed by atoms with Gasteiger partial charge in [0.05, 0.1) is 17.9 Å². The van der Waals surface area contributed by atoms with Crippen molar-refractivity contribution in [2.45, 2.75) is 26.5 Å². The van der Waals surface area contributed by atoms with Gasteiger partial charge in [-0.3, -0.25) is 4.79 Å². The minimum atomic E-state index is -0.166. The maximum Gasteiger partial charge on any atom is 0.280 e. The van der Waals surface area contributed by atoms with E-state index in [-0.39, 0.29) is 5.56 Å². The first kappa shape index (κ1) is 17.6. The summed E-state index contributed by atoms with van der Waals surface area (Å²) in [5, 5.41) is 13.8. The molecule has 0 unspecified atom stereocenters. The molecule has 0 aliphatic carbocycles. The summed E-state index contributed by atoms with van der Waals surface area (Å²) < 4.78 is 8.62. The van der Waals surface area contributed by atoms with Crippen LogP contribution >= 0.6 is 11.6 Å². The Morgan fingerprint density at radius 3 is 2.63 bits per heavy atom. The summed E-state index contributed by atoms with van der Waals surface area (Å²) in [6, 6.07) is 9.29. The van der Waals surface area contributed by atoms with Crippen LogP contribution in [0.2, 0.25) is 5.02 Å². The highest BCUT2D eigenvalue weighted by Gasteiger charge is 2.19. The van der Waals surface area contributed by atoms with Crippen LogP contribution in [0.1, 0.15) is 19.0 Å². The van der Waals surface area contributed by atoms with Crippen LogP contribution in [0.25, 0.3) is 27.8 Å². The second-order valence-corrected chi connectivity index (χ2v) is 6.68. The third kappa shape index (κ3) is 2.98. The molecule has 0 bridgehead atoms. The molecule has 0 spiro atoms. The number of ether oxygens (including phenoxy) is 1. The molecule has 7 nitrogen and oxygen atoms in total. The van der Waals surface area contributed by atoms with E-state index in [0.717, 1.165) is 23.2 Å². The average Bonchev–Trinajstić information content (AvgIpc) is 3.03. The first-order valence-corrected chi connectivity index (χ1v) is 9.04. The lowest BCUT2D eigenvalue weighted by atomic mass is 10.1. The smallest absolute Gasteiger partial charge is 0.280 e. The van der Waals surface area contributed by atoms with E-state index in [1.165, 1.54) is 0 Å². The van der Waals surface area contributed by atoms with Crippen molar-refractivity contribution in [3.05, 3.63) is 57.6 Å². The minimum absolute atomic E-state index is 0.166. The zero-order valence-electron chi connectivity index (χ0n) is 15.0. The number of aromatic nitrogens is 5. The van der Waals surface area contributed by atoms with Gasteiger partial charge in [0, 0.05) is 24.9 Å². The highest BCUT2D eigenvalue weighted by molar-refractivity contribution is 6.30. The Balaban J connectivity index is 2.02. The van der Waals surface area contributed by atoms with Crippen LogP contribution in [0, 0.1) is 0 Å². The van der Waals surface area contributed by atoms with Gasteiger partial charge in [-0.1, -0.05) is 30.7 Å². The number of halogens is 1. The van der Waals surface area contributed by atoms with E-state index in [4.69, 9.17) is 16.3 Å². The average molecular weight is 384 g/mol. The predicted molar refractivity (Wildman–Crippen MR) is 104 cm³/mol. The number of methoxy groups -OCH3 is 1. The van der Waals surface area contributed by atoms with Crippen LogP contribution < -0.4 is 5.56 Å². The summed E-state index contributed by atoms with van der Waals surface area (Å²) in [6.07, 6.45) is 2.64. The summed E-state index contributed by atoms with van der Waals surface area (Å²) in [4.78, 5) is 12.7. The van der Waals surface area contributed by atoms with E-state index in [0.29, 0.717) is 34.9 Å². The molecule has 3 aromatic heterocycles. The maximum absolute atomic E-state index is 12.7. The molecule has 3 heterocycles. The molecule has 27 heavy (non-hydrogen) atoms. The fourth-order valence-electron chi connectivity index (χ4n) is 3.20. The number of hydrogen-bond donors (Lipinski definition) is 0. The first-order valence-electron chi connectivity index (χ1n) is 8.66. The Hall–Kier alpha value is -2.77. The van der Waals surface area contributed by atoms with Crippen molar-refractivity contribution in [1.29, 1.82) is 0 Å². The van der Waals surface area contributed by atoms with Gasteiger partial charge >= 0.3 is 0 Å². The van der Waals surface area contributed by atoms with Gasteiger partial charge in [-0.05, 0) is 30.2 Å². The van der Waals surface area contributed by atoms with E-state index in [9.17, 15) is 4.79 Å². The summed E-state index contributed by atoms with van der Waals surface area (Å²) in [6.45, 7) is 2.97. The zero-order valence-corrected chi connectivity index (χ0v) is 15.8. The summed E-state index contributed by atoms with van der Waals surface area (Å²) in [7, 11) is 1.61. The van der Waals surface area contributed by atoms with Crippen molar-refractivity contribution < 1.29 is 4.74 Å². The van der Waals surface area contributed by atoms with Gasteiger partial charge < -0.3 is 9.30 Å². The second-order valence-electron chi connectivity index (χ2n) is 6.25. The van der Waals surface area contributed by atoms with Crippen LogP contribution in [-0.4, -0.2) is 31.5 Å². The van der Waals surface area contributed by atoms with Crippen LogP contribution in [0.4, 0.5) is 0 Å². The van der Waals surface area contributed by atoms with Gasteiger partial charge in [0.2, 0.25) is 0 Å². The van der Waals surface area contributed by atoms with Gasteiger partial charge in [-0.25, -0.2) is 4.52 Å². The molecular formula is C19H18ClN5O2. The topological polar surface area (TPSA) is 74.3 Å². The third-order valence-electron chi connectivity index (χ3n) is 4.40. The van der Waals surface area contributed by atoms with Crippen LogP contribution in [0.5, 0.6) is 0 Å². The van der Waals surface area contributed by atoms with Crippen LogP contribution in [0.3, 0.4) is 0 Å². The van der Waals surface area contributed by atoms with Crippen molar-refractivity contribution in [3.8, 4) is 11.1 Å². The number of fused-ring (bicyclic) bond motifs is 3. The molecule has 0 atom stereocenters. The molecule has 1 aromatic carbocycles. The normalized spacial score (nSPS) is 11.5. The fraction of sp³-hybridized carbons (Fsp3) is 0.263. The molecule has 0 fully saturated rings. The number of aryl methyl sites for hydroxylation is 1. The maximum atomic E-state index is 12.7. The summed E-state index contributed by atoms with van der Waals surface area (Å²) in [5.74, 6) is 0. The van der Waals surface area contributed by atoms with E-state index >= 15 is 0 Å². The quantitative estimate of drug-likeness (QED) is 0.528. The Kier molecular flexibility index (Phi) is 4.63. The highest BCUT2D eigenvalue weighted by Crippen LogP contribution is 2.30.